The Kier molecular flexibility index (Phi) is 4.84. The molecule has 1 atom stereocenters. The first-order valence-electron chi connectivity index (χ1n) is 6.58. The van der Waals surface area contributed by atoms with Crippen LogP contribution in [0.1, 0.15) is 68.2 Å². The van der Waals surface area contributed by atoms with E-state index >= 15 is 0 Å². The second-order valence-electron chi connectivity index (χ2n) is 7.64. The summed E-state index contributed by atoms with van der Waals surface area (Å²) in [4.78, 5) is 11.4. The van der Waals surface area contributed by atoms with E-state index < -0.39 is 5.97 Å². The number of hydrogen-bond acceptors (Lipinski definition) is 1. The number of hydrogen-bond donors (Lipinski definition) is 1. The molecule has 2 heteroatoms. The minimum absolute atomic E-state index is 0.00428. The largest absolute Gasteiger partial charge is 0.481 e. The first kappa shape index (κ1) is 16.5. The van der Waals surface area contributed by atoms with Crippen molar-refractivity contribution < 1.29 is 9.90 Å². The summed E-state index contributed by atoms with van der Waals surface area (Å²) in [7, 11) is 0. The van der Waals surface area contributed by atoms with Gasteiger partial charge in [0.15, 0.2) is 0 Å². The third kappa shape index (κ3) is 4.01. The van der Waals surface area contributed by atoms with E-state index in [1.54, 1.807) is 0 Å². The van der Waals surface area contributed by atoms with Gasteiger partial charge in [-0.25, -0.2) is 0 Å². The smallest absolute Gasteiger partial charge is 0.307 e. The fraction of sp³-hybridized carbons (Fsp3) is 0.933. The monoisotopic (exact) mass is 242 g/mol. The van der Waals surface area contributed by atoms with Crippen LogP contribution in [-0.4, -0.2) is 11.1 Å². The Hall–Kier alpha value is -0.530. The number of carboxylic acids is 1. The molecule has 0 bridgehead atoms. The van der Waals surface area contributed by atoms with Crippen molar-refractivity contribution in [3.05, 3.63) is 0 Å². The van der Waals surface area contributed by atoms with Crippen LogP contribution in [0.15, 0.2) is 0 Å². The summed E-state index contributed by atoms with van der Waals surface area (Å²) in [5, 5.41) is 9.37. The Morgan fingerprint density at radius 3 is 1.71 bits per heavy atom. The van der Waals surface area contributed by atoms with Crippen LogP contribution in [0.25, 0.3) is 0 Å². The van der Waals surface area contributed by atoms with Gasteiger partial charge in [-0.15, -0.1) is 0 Å². The van der Waals surface area contributed by atoms with Crippen LogP contribution < -0.4 is 0 Å². The lowest BCUT2D eigenvalue weighted by molar-refractivity contribution is -0.151. The van der Waals surface area contributed by atoms with Crippen LogP contribution in [-0.2, 0) is 4.79 Å². The first-order valence-corrected chi connectivity index (χ1v) is 6.58. The van der Waals surface area contributed by atoms with Crippen molar-refractivity contribution in [2.75, 3.05) is 0 Å². The summed E-state index contributed by atoms with van der Waals surface area (Å²) in [6, 6.07) is 0. The SMILES string of the molecule is CCC(C(=O)O)C(C)(C)C(C)(C)CC(C)(C)C. The molecule has 0 amide bonds. The van der Waals surface area contributed by atoms with Crippen molar-refractivity contribution in [1.82, 2.24) is 0 Å². The van der Waals surface area contributed by atoms with Gasteiger partial charge in [-0.05, 0) is 29.1 Å². The first-order chi connectivity index (χ1) is 7.35. The zero-order valence-corrected chi connectivity index (χ0v) is 12.8. The molecule has 17 heavy (non-hydrogen) atoms. The highest BCUT2D eigenvalue weighted by molar-refractivity contribution is 5.71. The van der Waals surface area contributed by atoms with Crippen LogP contribution >= 0.6 is 0 Å². The van der Waals surface area contributed by atoms with Gasteiger partial charge in [-0.1, -0.05) is 55.4 Å². The molecule has 0 aromatic heterocycles. The molecule has 0 aliphatic carbocycles. The summed E-state index contributed by atoms with van der Waals surface area (Å²) < 4.78 is 0. The number of aliphatic carboxylic acids is 1. The standard InChI is InChI=1S/C15H30O2/c1-9-11(12(16)17)15(7,8)14(5,6)10-13(2,3)4/h11H,9-10H2,1-8H3,(H,16,17). The van der Waals surface area contributed by atoms with E-state index in [0.29, 0.717) is 6.42 Å². The Morgan fingerprint density at radius 1 is 1.06 bits per heavy atom. The Balaban J connectivity index is 5.20. The molecule has 0 heterocycles. The van der Waals surface area contributed by atoms with E-state index in [-0.39, 0.29) is 22.2 Å². The van der Waals surface area contributed by atoms with E-state index in [1.165, 1.54) is 0 Å². The molecule has 0 saturated heterocycles. The number of carboxylic acid groups (broad SMARTS) is 1. The van der Waals surface area contributed by atoms with Gasteiger partial charge in [0, 0.05) is 0 Å². The average molecular weight is 242 g/mol. The van der Waals surface area contributed by atoms with Crippen LogP contribution in [0.2, 0.25) is 0 Å². The van der Waals surface area contributed by atoms with Crippen molar-refractivity contribution in [2.45, 2.75) is 68.2 Å². The zero-order chi connectivity index (χ0) is 14.1. The van der Waals surface area contributed by atoms with Gasteiger partial charge >= 0.3 is 5.97 Å². The van der Waals surface area contributed by atoms with E-state index in [0.717, 1.165) is 6.42 Å². The van der Waals surface area contributed by atoms with Gasteiger partial charge in [0.1, 0.15) is 0 Å². The number of rotatable bonds is 5. The minimum atomic E-state index is -0.667. The van der Waals surface area contributed by atoms with Gasteiger partial charge in [-0.3, -0.25) is 4.79 Å². The van der Waals surface area contributed by atoms with Crippen molar-refractivity contribution in [3.8, 4) is 0 Å². The van der Waals surface area contributed by atoms with E-state index in [9.17, 15) is 9.90 Å². The van der Waals surface area contributed by atoms with Gasteiger partial charge in [0.05, 0.1) is 5.92 Å². The third-order valence-electron chi connectivity index (χ3n) is 4.29. The highest BCUT2D eigenvalue weighted by atomic mass is 16.4. The second-order valence-corrected chi connectivity index (χ2v) is 7.64. The third-order valence-corrected chi connectivity index (χ3v) is 4.29. The average Bonchev–Trinajstić information content (AvgIpc) is 1.97. The van der Waals surface area contributed by atoms with Crippen molar-refractivity contribution in [3.63, 3.8) is 0 Å². The zero-order valence-electron chi connectivity index (χ0n) is 12.8. The van der Waals surface area contributed by atoms with Crippen LogP contribution in [0.3, 0.4) is 0 Å². The Labute approximate surface area is 107 Å². The lowest BCUT2D eigenvalue weighted by Crippen LogP contribution is -2.44. The molecule has 0 aromatic carbocycles. The summed E-state index contributed by atoms with van der Waals surface area (Å²) in [5.74, 6) is -0.945. The number of carbonyl (C=O) groups is 1. The van der Waals surface area contributed by atoms with Gasteiger partial charge < -0.3 is 5.11 Å². The van der Waals surface area contributed by atoms with Crippen molar-refractivity contribution >= 4 is 5.97 Å². The highest BCUT2D eigenvalue weighted by Gasteiger charge is 2.46. The Bertz CT molecular complexity index is 269. The minimum Gasteiger partial charge on any atom is -0.481 e. The predicted molar refractivity (Wildman–Crippen MR) is 73.1 cm³/mol. The molecular weight excluding hydrogens is 212 g/mol. The van der Waals surface area contributed by atoms with Crippen molar-refractivity contribution in [2.24, 2.45) is 22.2 Å². The summed E-state index contributed by atoms with van der Waals surface area (Å²) >= 11 is 0. The molecule has 0 radical (unpaired) electrons. The Morgan fingerprint density at radius 2 is 1.47 bits per heavy atom. The maximum absolute atomic E-state index is 11.4. The van der Waals surface area contributed by atoms with Gasteiger partial charge in [0.25, 0.3) is 0 Å². The highest BCUT2D eigenvalue weighted by Crippen LogP contribution is 2.51. The normalized spacial score (nSPS) is 15.8. The van der Waals surface area contributed by atoms with Crippen molar-refractivity contribution in [1.29, 1.82) is 0 Å². The van der Waals surface area contributed by atoms with E-state index in [2.05, 4.69) is 48.5 Å². The topological polar surface area (TPSA) is 37.3 Å². The predicted octanol–water partition coefficient (Wildman–Crippen LogP) is 4.59. The summed E-state index contributed by atoms with van der Waals surface area (Å²) in [6.07, 6.45) is 1.71. The molecule has 0 rings (SSSR count). The molecule has 0 aliphatic rings. The van der Waals surface area contributed by atoms with Crippen LogP contribution in [0, 0.1) is 22.2 Å². The molecule has 2 nitrogen and oxygen atoms in total. The molecular formula is C15H30O2. The van der Waals surface area contributed by atoms with Crippen LogP contribution in [0.5, 0.6) is 0 Å². The molecule has 0 aliphatic heterocycles. The maximum atomic E-state index is 11.4. The molecule has 0 fully saturated rings. The molecule has 102 valence electrons. The van der Waals surface area contributed by atoms with Crippen LogP contribution in [0.4, 0.5) is 0 Å². The molecule has 1 N–H and O–H groups in total. The lowest BCUT2D eigenvalue weighted by atomic mass is 9.56. The molecule has 1 unspecified atom stereocenters. The quantitative estimate of drug-likeness (QED) is 0.766. The lowest BCUT2D eigenvalue weighted by Gasteiger charge is -2.48. The molecule has 0 saturated carbocycles. The second kappa shape index (κ2) is 4.99. The summed E-state index contributed by atoms with van der Waals surface area (Å²) in [6.45, 7) is 17.2. The maximum Gasteiger partial charge on any atom is 0.307 e. The van der Waals surface area contributed by atoms with E-state index in [1.807, 2.05) is 6.92 Å². The van der Waals surface area contributed by atoms with E-state index in [4.69, 9.17) is 0 Å². The molecule has 0 spiro atoms. The summed E-state index contributed by atoms with van der Waals surface area (Å²) in [5.41, 5.74) is 0.0166. The molecule has 0 aromatic rings. The van der Waals surface area contributed by atoms with Gasteiger partial charge in [0.2, 0.25) is 0 Å². The fourth-order valence-electron chi connectivity index (χ4n) is 3.02. The fourth-order valence-corrected chi connectivity index (χ4v) is 3.02. The van der Waals surface area contributed by atoms with Gasteiger partial charge in [-0.2, -0.15) is 0 Å².